The molecule has 1 aromatic carbocycles. The van der Waals surface area contributed by atoms with Crippen LogP contribution in [0, 0.1) is 17.0 Å². The highest BCUT2D eigenvalue weighted by atomic mass is 79.9. The normalized spacial score (nSPS) is 10.1. The first-order chi connectivity index (χ1) is 5.95. The lowest BCUT2D eigenvalue weighted by Crippen LogP contribution is -1.98. The smallest absolute Gasteiger partial charge is 0.306 e. The van der Waals surface area contributed by atoms with Crippen LogP contribution in [0.5, 0.6) is 0 Å². The minimum atomic E-state index is -0.501. The van der Waals surface area contributed by atoms with Crippen LogP contribution in [-0.4, -0.2) is 4.92 Å². The molecule has 0 saturated carbocycles. The summed E-state index contributed by atoms with van der Waals surface area (Å²) in [6.07, 6.45) is 0. The van der Waals surface area contributed by atoms with Crippen LogP contribution in [0.1, 0.15) is 5.56 Å². The zero-order valence-electron chi connectivity index (χ0n) is 6.67. The minimum absolute atomic E-state index is 0.0827. The van der Waals surface area contributed by atoms with Gasteiger partial charge >= 0.3 is 5.69 Å². The Hall–Kier alpha value is -0.620. The van der Waals surface area contributed by atoms with Crippen molar-refractivity contribution >= 4 is 43.2 Å². The zero-order chi connectivity index (χ0) is 10.2. The van der Waals surface area contributed by atoms with Gasteiger partial charge in [0.25, 0.3) is 0 Å². The number of nitro benzene ring substituents is 1. The van der Waals surface area contributed by atoms with Gasteiger partial charge in [-0.3, -0.25) is 10.1 Å². The fourth-order valence-corrected chi connectivity index (χ4v) is 2.21. The molecule has 0 aliphatic heterocycles. The third-order valence-corrected chi connectivity index (χ3v) is 3.43. The van der Waals surface area contributed by atoms with Crippen LogP contribution in [-0.2, 0) is 0 Å². The standard InChI is InChI=1S/C7H6Br2N2O2/c1-3-4(8)2-5(10)7(6(3)9)11(12)13/h2H,10H2,1H3. The molecule has 0 aliphatic carbocycles. The summed E-state index contributed by atoms with van der Waals surface area (Å²) in [4.78, 5) is 10.1. The number of nitrogens with two attached hydrogens (primary N) is 1. The van der Waals surface area contributed by atoms with Crippen LogP contribution >= 0.6 is 31.9 Å². The van der Waals surface area contributed by atoms with Crippen LogP contribution in [0.2, 0.25) is 0 Å². The van der Waals surface area contributed by atoms with E-state index < -0.39 is 4.92 Å². The van der Waals surface area contributed by atoms with Crippen molar-refractivity contribution in [3.8, 4) is 0 Å². The SMILES string of the molecule is Cc1c(Br)cc(N)c([N+](=O)[O-])c1Br. The van der Waals surface area contributed by atoms with Crippen molar-refractivity contribution < 1.29 is 4.92 Å². The van der Waals surface area contributed by atoms with Crippen molar-refractivity contribution in [3.05, 3.63) is 30.7 Å². The number of nitro groups is 1. The zero-order valence-corrected chi connectivity index (χ0v) is 9.85. The van der Waals surface area contributed by atoms with Gasteiger partial charge in [-0.2, -0.15) is 0 Å². The van der Waals surface area contributed by atoms with Crippen molar-refractivity contribution in [3.63, 3.8) is 0 Å². The van der Waals surface area contributed by atoms with E-state index in [1.54, 1.807) is 6.92 Å². The molecule has 1 aromatic rings. The Labute approximate surface area is 91.5 Å². The van der Waals surface area contributed by atoms with Gasteiger partial charge < -0.3 is 5.73 Å². The van der Waals surface area contributed by atoms with E-state index in [1.165, 1.54) is 6.07 Å². The average Bonchev–Trinajstić information content (AvgIpc) is 1.99. The first-order valence-electron chi connectivity index (χ1n) is 3.33. The summed E-state index contributed by atoms with van der Waals surface area (Å²) in [6.45, 7) is 1.76. The van der Waals surface area contributed by atoms with E-state index in [9.17, 15) is 10.1 Å². The number of halogens is 2. The topological polar surface area (TPSA) is 69.2 Å². The summed E-state index contributed by atoms with van der Waals surface area (Å²) in [6, 6.07) is 1.53. The highest BCUT2D eigenvalue weighted by Gasteiger charge is 2.20. The molecule has 0 spiro atoms. The van der Waals surface area contributed by atoms with Crippen molar-refractivity contribution in [2.45, 2.75) is 6.92 Å². The highest BCUT2D eigenvalue weighted by molar-refractivity contribution is 9.11. The van der Waals surface area contributed by atoms with E-state index in [-0.39, 0.29) is 11.4 Å². The molecule has 6 heteroatoms. The number of anilines is 1. The lowest BCUT2D eigenvalue weighted by Gasteiger charge is -2.04. The van der Waals surface area contributed by atoms with Gasteiger partial charge in [0.15, 0.2) is 0 Å². The van der Waals surface area contributed by atoms with E-state index in [0.29, 0.717) is 4.47 Å². The number of hydrogen-bond donors (Lipinski definition) is 1. The first kappa shape index (κ1) is 10.5. The molecule has 0 atom stereocenters. The quantitative estimate of drug-likeness (QED) is 0.492. The Kier molecular flexibility index (Phi) is 2.92. The van der Waals surface area contributed by atoms with Crippen molar-refractivity contribution in [1.29, 1.82) is 0 Å². The summed E-state index contributed by atoms with van der Waals surface area (Å²) in [7, 11) is 0. The maximum absolute atomic E-state index is 10.6. The fraction of sp³-hybridized carbons (Fsp3) is 0.143. The Bertz CT molecular complexity index is 379. The molecular formula is C7H6Br2N2O2. The molecule has 0 fully saturated rings. The van der Waals surface area contributed by atoms with Gasteiger partial charge in [0.2, 0.25) is 0 Å². The summed E-state index contributed by atoms with van der Waals surface area (Å²) >= 11 is 6.38. The summed E-state index contributed by atoms with van der Waals surface area (Å²) in [5.41, 5.74) is 6.32. The molecule has 4 nitrogen and oxygen atoms in total. The predicted octanol–water partition coefficient (Wildman–Crippen LogP) is 3.01. The van der Waals surface area contributed by atoms with Crippen molar-refractivity contribution in [2.75, 3.05) is 5.73 Å². The molecule has 0 unspecified atom stereocenters. The Balaban J connectivity index is 3.53. The van der Waals surface area contributed by atoms with Crippen LogP contribution in [0.15, 0.2) is 15.0 Å². The lowest BCUT2D eigenvalue weighted by molar-refractivity contribution is -0.384. The second-order valence-electron chi connectivity index (χ2n) is 2.49. The van der Waals surface area contributed by atoms with E-state index in [0.717, 1.165) is 10.0 Å². The summed E-state index contributed by atoms with van der Waals surface area (Å²) in [5, 5.41) is 10.6. The van der Waals surface area contributed by atoms with Crippen LogP contribution < -0.4 is 5.73 Å². The number of rotatable bonds is 1. The minimum Gasteiger partial charge on any atom is -0.393 e. The molecule has 0 radical (unpaired) electrons. The second-order valence-corrected chi connectivity index (χ2v) is 4.14. The first-order valence-corrected chi connectivity index (χ1v) is 4.92. The van der Waals surface area contributed by atoms with E-state index in [4.69, 9.17) is 5.73 Å². The molecule has 13 heavy (non-hydrogen) atoms. The molecule has 0 heterocycles. The Morgan fingerprint density at radius 2 is 2.08 bits per heavy atom. The third kappa shape index (κ3) is 1.83. The van der Waals surface area contributed by atoms with Gasteiger partial charge in [-0.15, -0.1) is 0 Å². The van der Waals surface area contributed by atoms with E-state index >= 15 is 0 Å². The van der Waals surface area contributed by atoms with Gasteiger partial charge in [0, 0.05) is 4.47 Å². The molecule has 0 saturated heterocycles. The monoisotopic (exact) mass is 308 g/mol. The molecule has 1 rings (SSSR count). The van der Waals surface area contributed by atoms with Crippen LogP contribution in [0.3, 0.4) is 0 Å². The van der Waals surface area contributed by atoms with Crippen molar-refractivity contribution in [2.24, 2.45) is 0 Å². The highest BCUT2D eigenvalue weighted by Crippen LogP contribution is 2.37. The van der Waals surface area contributed by atoms with Gasteiger partial charge in [0.05, 0.1) is 4.92 Å². The Morgan fingerprint density at radius 3 is 2.54 bits per heavy atom. The maximum Gasteiger partial charge on any atom is 0.306 e. The molecule has 0 aromatic heterocycles. The van der Waals surface area contributed by atoms with Crippen LogP contribution in [0.4, 0.5) is 11.4 Å². The molecule has 0 aliphatic rings. The van der Waals surface area contributed by atoms with Crippen molar-refractivity contribution in [1.82, 2.24) is 0 Å². The molecular weight excluding hydrogens is 304 g/mol. The maximum atomic E-state index is 10.6. The second kappa shape index (κ2) is 3.63. The largest absolute Gasteiger partial charge is 0.393 e. The number of nitrogen functional groups attached to an aromatic ring is 1. The van der Waals surface area contributed by atoms with Gasteiger partial charge in [-0.1, -0.05) is 15.9 Å². The number of hydrogen-bond acceptors (Lipinski definition) is 3. The van der Waals surface area contributed by atoms with Gasteiger partial charge in [-0.05, 0) is 34.5 Å². The summed E-state index contributed by atoms with van der Waals surface area (Å²) in [5.74, 6) is 0. The lowest BCUT2D eigenvalue weighted by atomic mass is 10.2. The number of nitrogens with zero attached hydrogens (tertiary/aromatic N) is 1. The van der Waals surface area contributed by atoms with Gasteiger partial charge in [-0.25, -0.2) is 0 Å². The number of benzene rings is 1. The van der Waals surface area contributed by atoms with E-state index in [1.807, 2.05) is 0 Å². The average molecular weight is 310 g/mol. The Morgan fingerprint density at radius 1 is 1.54 bits per heavy atom. The third-order valence-electron chi connectivity index (χ3n) is 1.63. The van der Waals surface area contributed by atoms with E-state index in [2.05, 4.69) is 31.9 Å². The molecule has 0 bridgehead atoms. The molecule has 0 amide bonds. The van der Waals surface area contributed by atoms with Gasteiger partial charge in [0.1, 0.15) is 10.2 Å². The predicted molar refractivity (Wildman–Crippen MR) is 57.6 cm³/mol. The summed E-state index contributed by atoms with van der Waals surface area (Å²) < 4.78 is 1.17. The van der Waals surface area contributed by atoms with Crippen LogP contribution in [0.25, 0.3) is 0 Å². The fourth-order valence-electron chi connectivity index (χ4n) is 0.908. The molecule has 2 N–H and O–H groups in total. The molecule has 70 valence electrons.